The highest BCUT2D eigenvalue weighted by atomic mass is 35.5. The summed E-state index contributed by atoms with van der Waals surface area (Å²) in [6.07, 6.45) is 0. The molecule has 4 heteroatoms. The zero-order valence-electron chi connectivity index (χ0n) is 11.6. The zero-order valence-corrected chi connectivity index (χ0v) is 12.4. The monoisotopic (exact) mass is 282 g/mol. The largest absolute Gasteiger partial charge is 0.342 e. The normalized spacial score (nSPS) is 22.4. The first-order chi connectivity index (χ1) is 8.63. The topological polar surface area (TPSA) is 46.3 Å². The number of carbonyl (C=O) groups excluding carboxylic acids is 1. The minimum Gasteiger partial charge on any atom is -0.342 e. The molecule has 1 aromatic carbocycles. The molecule has 0 aliphatic carbocycles. The van der Waals surface area contributed by atoms with Crippen LogP contribution in [0.5, 0.6) is 0 Å². The first kappa shape index (κ1) is 16.0. The lowest BCUT2D eigenvalue weighted by Crippen LogP contribution is -2.33. The molecule has 2 atom stereocenters. The molecule has 106 valence electrons. The van der Waals surface area contributed by atoms with Gasteiger partial charge in [-0.05, 0) is 18.0 Å². The molecule has 0 saturated carbocycles. The van der Waals surface area contributed by atoms with Gasteiger partial charge in [0.15, 0.2) is 0 Å². The maximum absolute atomic E-state index is 12.1. The smallest absolute Gasteiger partial charge is 0.225 e. The van der Waals surface area contributed by atoms with E-state index in [0.29, 0.717) is 18.4 Å². The number of benzene rings is 1. The van der Waals surface area contributed by atoms with Gasteiger partial charge in [-0.2, -0.15) is 0 Å². The summed E-state index contributed by atoms with van der Waals surface area (Å²) in [5, 5.41) is 0. The second-order valence-electron chi connectivity index (χ2n) is 5.41. The van der Waals surface area contributed by atoms with Crippen molar-refractivity contribution in [3.63, 3.8) is 0 Å². The second kappa shape index (κ2) is 6.92. The number of halogens is 1. The first-order valence-electron chi connectivity index (χ1n) is 6.67. The fourth-order valence-corrected chi connectivity index (χ4v) is 2.73. The predicted octanol–water partition coefficient (Wildman–Crippen LogP) is 2.27. The molecule has 1 saturated heterocycles. The Labute approximate surface area is 121 Å². The van der Waals surface area contributed by atoms with Crippen LogP contribution in [0.4, 0.5) is 0 Å². The van der Waals surface area contributed by atoms with Crippen LogP contribution in [0, 0.1) is 11.8 Å². The molecule has 0 spiro atoms. The average molecular weight is 283 g/mol. The Balaban J connectivity index is 0.00000180. The number of rotatable bonds is 3. The lowest BCUT2D eigenvalue weighted by molar-refractivity contribution is -0.133. The number of nitrogens with zero attached hydrogens (tertiary/aromatic N) is 1. The molecular weight excluding hydrogens is 260 g/mol. The fourth-order valence-electron chi connectivity index (χ4n) is 2.73. The second-order valence-corrected chi connectivity index (χ2v) is 5.41. The van der Waals surface area contributed by atoms with Gasteiger partial charge in [0, 0.05) is 24.9 Å². The Bertz CT molecular complexity index is 408. The summed E-state index contributed by atoms with van der Waals surface area (Å²) in [7, 11) is 0. The van der Waals surface area contributed by atoms with Crippen LogP contribution in [0.3, 0.4) is 0 Å². The van der Waals surface area contributed by atoms with Crippen LogP contribution < -0.4 is 5.73 Å². The molecule has 3 nitrogen and oxygen atoms in total. The molecule has 1 fully saturated rings. The van der Waals surface area contributed by atoms with E-state index >= 15 is 0 Å². The van der Waals surface area contributed by atoms with Gasteiger partial charge < -0.3 is 10.6 Å². The average Bonchev–Trinajstić information content (AvgIpc) is 2.82. The number of nitrogens with two attached hydrogens (primary N) is 1. The van der Waals surface area contributed by atoms with E-state index in [1.54, 1.807) is 0 Å². The quantitative estimate of drug-likeness (QED) is 0.924. The molecule has 0 radical (unpaired) electrons. The summed E-state index contributed by atoms with van der Waals surface area (Å²) < 4.78 is 0. The van der Waals surface area contributed by atoms with Crippen molar-refractivity contribution in [2.75, 3.05) is 19.6 Å². The number of carbonyl (C=O) groups is 1. The molecule has 1 aliphatic rings. The van der Waals surface area contributed by atoms with Crippen LogP contribution in [0.15, 0.2) is 30.3 Å². The van der Waals surface area contributed by atoms with Crippen LogP contribution in [-0.2, 0) is 4.79 Å². The van der Waals surface area contributed by atoms with E-state index in [1.165, 1.54) is 5.56 Å². The predicted molar refractivity (Wildman–Crippen MR) is 80.4 cm³/mol. The molecule has 1 aliphatic heterocycles. The van der Waals surface area contributed by atoms with Crippen LogP contribution in [0.2, 0.25) is 0 Å². The lowest BCUT2D eigenvalue weighted by atomic mass is 9.89. The van der Waals surface area contributed by atoms with Gasteiger partial charge in [0.2, 0.25) is 5.91 Å². The Morgan fingerprint density at radius 1 is 1.32 bits per heavy atom. The molecular formula is C15H23ClN2O. The van der Waals surface area contributed by atoms with E-state index in [-0.39, 0.29) is 24.2 Å². The van der Waals surface area contributed by atoms with Gasteiger partial charge in [-0.1, -0.05) is 44.2 Å². The van der Waals surface area contributed by atoms with E-state index in [1.807, 2.05) is 24.8 Å². The van der Waals surface area contributed by atoms with Gasteiger partial charge in [0.05, 0.1) is 0 Å². The molecule has 0 unspecified atom stereocenters. The summed E-state index contributed by atoms with van der Waals surface area (Å²) >= 11 is 0. The van der Waals surface area contributed by atoms with E-state index < -0.39 is 0 Å². The van der Waals surface area contributed by atoms with Crippen molar-refractivity contribution in [1.82, 2.24) is 4.90 Å². The van der Waals surface area contributed by atoms with Crippen LogP contribution in [0.1, 0.15) is 25.3 Å². The minimum absolute atomic E-state index is 0. The maximum atomic E-state index is 12.1. The van der Waals surface area contributed by atoms with Crippen molar-refractivity contribution in [3.8, 4) is 0 Å². The Kier molecular flexibility index (Phi) is 5.83. The lowest BCUT2D eigenvalue weighted by Gasteiger charge is -2.18. The Morgan fingerprint density at radius 2 is 1.95 bits per heavy atom. The summed E-state index contributed by atoms with van der Waals surface area (Å²) in [5.74, 6) is 1.08. The molecule has 2 rings (SSSR count). The van der Waals surface area contributed by atoms with Gasteiger partial charge in [0.1, 0.15) is 0 Å². The first-order valence-corrected chi connectivity index (χ1v) is 6.67. The number of hydrogen-bond donors (Lipinski definition) is 1. The van der Waals surface area contributed by atoms with Crippen molar-refractivity contribution < 1.29 is 4.79 Å². The third-order valence-electron chi connectivity index (χ3n) is 3.78. The van der Waals surface area contributed by atoms with Crippen molar-refractivity contribution in [3.05, 3.63) is 35.9 Å². The summed E-state index contributed by atoms with van der Waals surface area (Å²) in [5.41, 5.74) is 7.16. The number of hydrogen-bond acceptors (Lipinski definition) is 2. The maximum Gasteiger partial charge on any atom is 0.225 e. The zero-order chi connectivity index (χ0) is 13.1. The van der Waals surface area contributed by atoms with E-state index in [9.17, 15) is 4.79 Å². The van der Waals surface area contributed by atoms with Gasteiger partial charge in [0.25, 0.3) is 0 Å². The fraction of sp³-hybridized carbons (Fsp3) is 0.533. The Hall–Kier alpha value is -1.06. The SMILES string of the molecule is CC(C)C(=O)N1C[C@@H](CN)[C@H](c2ccccc2)C1.Cl. The van der Waals surface area contributed by atoms with Crippen LogP contribution in [-0.4, -0.2) is 30.4 Å². The summed E-state index contributed by atoms with van der Waals surface area (Å²) in [6, 6.07) is 10.4. The third-order valence-corrected chi connectivity index (χ3v) is 3.78. The van der Waals surface area contributed by atoms with Crippen molar-refractivity contribution in [2.24, 2.45) is 17.6 Å². The van der Waals surface area contributed by atoms with Crippen LogP contribution >= 0.6 is 12.4 Å². The highest BCUT2D eigenvalue weighted by molar-refractivity contribution is 5.85. The van der Waals surface area contributed by atoms with Crippen molar-refractivity contribution in [1.29, 1.82) is 0 Å². The Morgan fingerprint density at radius 3 is 2.47 bits per heavy atom. The standard InChI is InChI=1S/C15H22N2O.ClH/c1-11(2)15(18)17-9-13(8-16)14(10-17)12-6-4-3-5-7-12;/h3-7,11,13-14H,8-10,16H2,1-2H3;1H/t13-,14+;/m1./s1. The van der Waals surface area contributed by atoms with E-state index in [2.05, 4.69) is 24.3 Å². The van der Waals surface area contributed by atoms with Gasteiger partial charge in [-0.15, -0.1) is 12.4 Å². The molecule has 19 heavy (non-hydrogen) atoms. The van der Waals surface area contributed by atoms with Gasteiger partial charge in [-0.3, -0.25) is 4.79 Å². The van der Waals surface area contributed by atoms with Crippen molar-refractivity contribution >= 4 is 18.3 Å². The summed E-state index contributed by atoms with van der Waals surface area (Å²) in [4.78, 5) is 14.0. The molecule has 1 aromatic rings. The molecule has 0 bridgehead atoms. The highest BCUT2D eigenvalue weighted by Crippen LogP contribution is 2.32. The number of amides is 1. The highest BCUT2D eigenvalue weighted by Gasteiger charge is 2.35. The third kappa shape index (κ3) is 3.48. The molecule has 1 amide bonds. The van der Waals surface area contributed by atoms with Crippen molar-refractivity contribution in [2.45, 2.75) is 19.8 Å². The molecule has 0 aromatic heterocycles. The molecule has 2 N–H and O–H groups in total. The van der Waals surface area contributed by atoms with Gasteiger partial charge in [-0.25, -0.2) is 0 Å². The minimum atomic E-state index is 0. The van der Waals surface area contributed by atoms with Crippen LogP contribution in [0.25, 0.3) is 0 Å². The number of likely N-dealkylation sites (tertiary alicyclic amines) is 1. The van der Waals surface area contributed by atoms with E-state index in [0.717, 1.165) is 13.1 Å². The molecule has 1 heterocycles. The van der Waals surface area contributed by atoms with Gasteiger partial charge >= 0.3 is 0 Å². The summed E-state index contributed by atoms with van der Waals surface area (Å²) in [6.45, 7) is 6.16. The van der Waals surface area contributed by atoms with E-state index in [4.69, 9.17) is 5.73 Å².